The van der Waals surface area contributed by atoms with Crippen LogP contribution in [0, 0.1) is 0 Å². The van der Waals surface area contributed by atoms with Gasteiger partial charge in [0.25, 0.3) is 0 Å². The number of likely N-dealkylation sites (N-methyl/N-ethyl adjacent to an activating group) is 1. The molecule has 0 unspecified atom stereocenters. The van der Waals surface area contributed by atoms with Gasteiger partial charge in [0.15, 0.2) is 11.5 Å². The van der Waals surface area contributed by atoms with Crippen LogP contribution < -0.4 is 14.8 Å². The molecule has 1 amide bonds. The van der Waals surface area contributed by atoms with E-state index in [2.05, 4.69) is 17.4 Å². The van der Waals surface area contributed by atoms with Crippen molar-refractivity contribution >= 4 is 11.6 Å². The van der Waals surface area contributed by atoms with Crippen LogP contribution in [-0.4, -0.2) is 37.1 Å². The molecule has 0 radical (unpaired) electrons. The van der Waals surface area contributed by atoms with Gasteiger partial charge in [-0.3, -0.25) is 9.69 Å². The summed E-state index contributed by atoms with van der Waals surface area (Å²) in [5.41, 5.74) is 1.89. The van der Waals surface area contributed by atoms with Crippen molar-refractivity contribution < 1.29 is 14.3 Å². The summed E-state index contributed by atoms with van der Waals surface area (Å²) in [7, 11) is 1.95. The van der Waals surface area contributed by atoms with Gasteiger partial charge in [-0.2, -0.15) is 0 Å². The molecular weight excluding hydrogens is 304 g/mol. The van der Waals surface area contributed by atoms with E-state index in [0.29, 0.717) is 30.4 Å². The number of nitrogens with zero attached hydrogens (tertiary/aromatic N) is 1. The molecule has 0 fully saturated rings. The SMILES string of the molecule is C[C@H](C(=O)Nc1ccc2c(c1)OCCO2)N(C)Cc1ccccc1. The van der Waals surface area contributed by atoms with Crippen LogP contribution in [0.25, 0.3) is 0 Å². The molecule has 2 aromatic carbocycles. The Morgan fingerprint density at radius 3 is 2.58 bits per heavy atom. The normalized spacial score (nSPS) is 14.3. The number of ether oxygens (including phenoxy) is 2. The number of nitrogens with one attached hydrogen (secondary N) is 1. The third-order valence-corrected chi connectivity index (χ3v) is 4.13. The second-order valence-electron chi connectivity index (χ2n) is 5.92. The number of hydrogen-bond acceptors (Lipinski definition) is 4. The largest absolute Gasteiger partial charge is 0.486 e. The van der Waals surface area contributed by atoms with E-state index in [-0.39, 0.29) is 11.9 Å². The van der Waals surface area contributed by atoms with Gasteiger partial charge >= 0.3 is 0 Å². The Morgan fingerprint density at radius 2 is 1.83 bits per heavy atom. The lowest BCUT2D eigenvalue weighted by molar-refractivity contribution is -0.120. The van der Waals surface area contributed by atoms with Crippen molar-refractivity contribution in [2.45, 2.75) is 19.5 Å². The van der Waals surface area contributed by atoms with E-state index < -0.39 is 0 Å². The van der Waals surface area contributed by atoms with Crippen LogP contribution in [-0.2, 0) is 11.3 Å². The highest BCUT2D eigenvalue weighted by molar-refractivity contribution is 5.94. The minimum atomic E-state index is -0.251. The van der Waals surface area contributed by atoms with Gasteiger partial charge in [-0.05, 0) is 31.7 Å². The van der Waals surface area contributed by atoms with Crippen LogP contribution in [0.2, 0.25) is 0 Å². The van der Waals surface area contributed by atoms with Gasteiger partial charge in [0.1, 0.15) is 13.2 Å². The lowest BCUT2D eigenvalue weighted by atomic mass is 10.2. The van der Waals surface area contributed by atoms with Crippen molar-refractivity contribution in [1.29, 1.82) is 0 Å². The summed E-state index contributed by atoms with van der Waals surface area (Å²) < 4.78 is 11.0. The van der Waals surface area contributed by atoms with Gasteiger partial charge in [0, 0.05) is 18.3 Å². The fraction of sp³-hybridized carbons (Fsp3) is 0.316. The molecule has 1 heterocycles. The maximum absolute atomic E-state index is 12.5. The molecule has 126 valence electrons. The van der Waals surface area contributed by atoms with Crippen LogP contribution >= 0.6 is 0 Å². The first kappa shape index (κ1) is 16.3. The Morgan fingerprint density at radius 1 is 1.12 bits per heavy atom. The standard InChI is InChI=1S/C19H22N2O3/c1-14(21(2)13-15-6-4-3-5-7-15)19(22)20-16-8-9-17-18(12-16)24-11-10-23-17/h3-9,12,14H,10-11,13H2,1-2H3,(H,20,22)/t14-/m1/s1. The third-order valence-electron chi connectivity index (χ3n) is 4.13. The maximum Gasteiger partial charge on any atom is 0.241 e. The van der Waals surface area contributed by atoms with Crippen LogP contribution in [0.3, 0.4) is 0 Å². The van der Waals surface area contributed by atoms with E-state index in [9.17, 15) is 4.79 Å². The van der Waals surface area contributed by atoms with Crippen molar-refractivity contribution in [2.75, 3.05) is 25.6 Å². The molecule has 24 heavy (non-hydrogen) atoms. The molecule has 0 aliphatic carbocycles. The predicted octanol–water partition coefficient (Wildman–Crippen LogP) is 2.92. The first-order valence-corrected chi connectivity index (χ1v) is 8.08. The van der Waals surface area contributed by atoms with E-state index in [1.54, 1.807) is 6.07 Å². The van der Waals surface area contributed by atoms with Crippen molar-refractivity contribution in [3.8, 4) is 11.5 Å². The van der Waals surface area contributed by atoms with E-state index in [4.69, 9.17) is 9.47 Å². The molecule has 2 aromatic rings. The van der Waals surface area contributed by atoms with Crippen molar-refractivity contribution in [2.24, 2.45) is 0 Å². The maximum atomic E-state index is 12.5. The minimum Gasteiger partial charge on any atom is -0.486 e. The Bertz CT molecular complexity index is 703. The third kappa shape index (κ3) is 3.86. The topological polar surface area (TPSA) is 50.8 Å². The molecule has 1 aliphatic rings. The zero-order valence-corrected chi connectivity index (χ0v) is 14.0. The van der Waals surface area contributed by atoms with E-state index >= 15 is 0 Å². The Hall–Kier alpha value is -2.53. The van der Waals surface area contributed by atoms with Gasteiger partial charge in [-0.25, -0.2) is 0 Å². The summed E-state index contributed by atoms with van der Waals surface area (Å²) in [5.74, 6) is 1.34. The van der Waals surface area contributed by atoms with E-state index in [1.807, 2.05) is 49.2 Å². The molecule has 5 nitrogen and oxygen atoms in total. The van der Waals surface area contributed by atoms with Gasteiger partial charge in [-0.1, -0.05) is 30.3 Å². The highest BCUT2D eigenvalue weighted by Gasteiger charge is 2.19. The van der Waals surface area contributed by atoms with Crippen LogP contribution in [0.4, 0.5) is 5.69 Å². The summed E-state index contributed by atoms with van der Waals surface area (Å²) in [4.78, 5) is 14.5. The molecular formula is C19H22N2O3. The number of rotatable bonds is 5. The van der Waals surface area contributed by atoms with Crippen molar-refractivity contribution in [3.63, 3.8) is 0 Å². The number of hydrogen-bond donors (Lipinski definition) is 1. The van der Waals surface area contributed by atoms with E-state index in [0.717, 1.165) is 6.54 Å². The Labute approximate surface area is 142 Å². The Balaban J connectivity index is 1.61. The number of carbonyl (C=O) groups is 1. The quantitative estimate of drug-likeness (QED) is 0.918. The predicted molar refractivity (Wildman–Crippen MR) is 93.4 cm³/mol. The molecule has 0 saturated carbocycles. The van der Waals surface area contributed by atoms with Crippen LogP contribution in [0.1, 0.15) is 12.5 Å². The highest BCUT2D eigenvalue weighted by Crippen LogP contribution is 2.32. The molecule has 1 N–H and O–H groups in total. The first-order chi connectivity index (χ1) is 11.6. The summed E-state index contributed by atoms with van der Waals surface area (Å²) in [6.07, 6.45) is 0. The van der Waals surface area contributed by atoms with Crippen LogP contribution in [0.15, 0.2) is 48.5 Å². The van der Waals surface area contributed by atoms with Crippen molar-refractivity contribution in [1.82, 2.24) is 4.90 Å². The summed E-state index contributed by atoms with van der Waals surface area (Å²) in [6.45, 7) is 3.70. The number of fused-ring (bicyclic) bond motifs is 1. The fourth-order valence-electron chi connectivity index (χ4n) is 2.58. The summed E-state index contributed by atoms with van der Waals surface area (Å²) in [6, 6.07) is 15.3. The zero-order valence-electron chi connectivity index (χ0n) is 14.0. The molecule has 3 rings (SSSR count). The second-order valence-corrected chi connectivity index (χ2v) is 5.92. The molecule has 0 saturated heterocycles. The smallest absolute Gasteiger partial charge is 0.241 e. The number of amides is 1. The monoisotopic (exact) mass is 326 g/mol. The summed E-state index contributed by atoms with van der Waals surface area (Å²) in [5, 5.41) is 2.94. The minimum absolute atomic E-state index is 0.0508. The first-order valence-electron chi connectivity index (χ1n) is 8.08. The number of benzene rings is 2. The lowest BCUT2D eigenvalue weighted by Crippen LogP contribution is -2.39. The van der Waals surface area contributed by atoms with Gasteiger partial charge in [-0.15, -0.1) is 0 Å². The average molecular weight is 326 g/mol. The van der Waals surface area contributed by atoms with Gasteiger partial charge in [0.05, 0.1) is 6.04 Å². The molecule has 5 heteroatoms. The number of carbonyl (C=O) groups excluding carboxylic acids is 1. The van der Waals surface area contributed by atoms with Gasteiger partial charge < -0.3 is 14.8 Å². The molecule has 1 atom stereocenters. The summed E-state index contributed by atoms with van der Waals surface area (Å²) >= 11 is 0. The molecule has 0 aromatic heterocycles. The second kappa shape index (κ2) is 7.36. The molecule has 1 aliphatic heterocycles. The van der Waals surface area contributed by atoms with E-state index in [1.165, 1.54) is 5.56 Å². The van der Waals surface area contributed by atoms with Gasteiger partial charge in [0.2, 0.25) is 5.91 Å². The lowest BCUT2D eigenvalue weighted by Gasteiger charge is -2.24. The molecule has 0 spiro atoms. The highest BCUT2D eigenvalue weighted by atomic mass is 16.6. The number of anilines is 1. The Kier molecular flexibility index (Phi) is 5.01. The van der Waals surface area contributed by atoms with Crippen LogP contribution in [0.5, 0.6) is 11.5 Å². The van der Waals surface area contributed by atoms with Crippen molar-refractivity contribution in [3.05, 3.63) is 54.1 Å². The fourth-order valence-corrected chi connectivity index (χ4v) is 2.58. The average Bonchev–Trinajstić information content (AvgIpc) is 2.61. The zero-order chi connectivity index (χ0) is 16.9. The molecule has 0 bridgehead atoms.